The molecule has 0 bridgehead atoms. The molecule has 0 aliphatic carbocycles. The van der Waals surface area contributed by atoms with E-state index >= 15 is 0 Å². The van der Waals surface area contributed by atoms with Crippen molar-refractivity contribution < 1.29 is 9.59 Å². The molecule has 1 fully saturated rings. The number of amides is 2. The van der Waals surface area contributed by atoms with Gasteiger partial charge in [0.25, 0.3) is 11.8 Å². The van der Waals surface area contributed by atoms with E-state index in [4.69, 9.17) is 0 Å². The van der Waals surface area contributed by atoms with Gasteiger partial charge in [-0.1, -0.05) is 30.3 Å². The fourth-order valence-electron chi connectivity index (χ4n) is 3.21. The van der Waals surface area contributed by atoms with Gasteiger partial charge in [0, 0.05) is 18.7 Å². The SMILES string of the molecule is CNCC1CCN(C(=O)c2ccccc2NC(=O)c2ccccc2)C1. The van der Waals surface area contributed by atoms with E-state index in [0.29, 0.717) is 22.7 Å². The number of para-hydroxylation sites is 1. The second-order valence-corrected chi connectivity index (χ2v) is 6.33. The summed E-state index contributed by atoms with van der Waals surface area (Å²) in [5.74, 6) is 0.248. The fourth-order valence-corrected chi connectivity index (χ4v) is 3.21. The quantitative estimate of drug-likeness (QED) is 0.882. The number of likely N-dealkylation sites (tertiary alicyclic amines) is 1. The molecule has 5 heteroatoms. The van der Waals surface area contributed by atoms with Crippen LogP contribution in [0.4, 0.5) is 5.69 Å². The molecule has 1 aliphatic rings. The van der Waals surface area contributed by atoms with E-state index < -0.39 is 0 Å². The minimum absolute atomic E-state index is 0.0254. The molecule has 130 valence electrons. The standard InChI is InChI=1S/C20H23N3O2/c1-21-13-15-11-12-23(14-15)20(25)17-9-5-6-10-18(17)22-19(24)16-7-3-2-4-8-16/h2-10,15,21H,11-14H2,1H3,(H,22,24). The minimum Gasteiger partial charge on any atom is -0.338 e. The Bertz CT molecular complexity index is 746. The molecular weight excluding hydrogens is 314 g/mol. The van der Waals surface area contributed by atoms with Gasteiger partial charge in [-0.2, -0.15) is 0 Å². The summed E-state index contributed by atoms with van der Waals surface area (Å²) in [6.07, 6.45) is 1.01. The number of hydrogen-bond donors (Lipinski definition) is 2. The third-order valence-electron chi connectivity index (χ3n) is 4.51. The van der Waals surface area contributed by atoms with Crippen molar-refractivity contribution in [3.05, 3.63) is 65.7 Å². The van der Waals surface area contributed by atoms with Crippen LogP contribution in [0.5, 0.6) is 0 Å². The van der Waals surface area contributed by atoms with E-state index in [0.717, 1.165) is 26.1 Å². The number of rotatable bonds is 5. The summed E-state index contributed by atoms with van der Waals surface area (Å²) >= 11 is 0. The van der Waals surface area contributed by atoms with E-state index in [1.54, 1.807) is 24.3 Å². The average molecular weight is 337 g/mol. The molecule has 1 saturated heterocycles. The van der Waals surface area contributed by atoms with Crippen molar-refractivity contribution in [1.82, 2.24) is 10.2 Å². The maximum Gasteiger partial charge on any atom is 0.255 e. The predicted octanol–water partition coefficient (Wildman–Crippen LogP) is 2.62. The summed E-state index contributed by atoms with van der Waals surface area (Å²) < 4.78 is 0. The lowest BCUT2D eigenvalue weighted by atomic mass is 10.1. The molecule has 2 amide bonds. The summed E-state index contributed by atoms with van der Waals surface area (Å²) in [6, 6.07) is 16.2. The van der Waals surface area contributed by atoms with Gasteiger partial charge in [-0.3, -0.25) is 9.59 Å². The molecule has 0 saturated carbocycles. The van der Waals surface area contributed by atoms with Crippen molar-refractivity contribution in [2.45, 2.75) is 6.42 Å². The Morgan fingerprint density at radius 1 is 1.08 bits per heavy atom. The van der Waals surface area contributed by atoms with Crippen LogP contribution in [0.15, 0.2) is 54.6 Å². The van der Waals surface area contributed by atoms with Crippen molar-refractivity contribution in [3.8, 4) is 0 Å². The molecule has 25 heavy (non-hydrogen) atoms. The molecule has 2 N–H and O–H groups in total. The van der Waals surface area contributed by atoms with Crippen LogP contribution in [0.25, 0.3) is 0 Å². The number of nitrogens with one attached hydrogen (secondary N) is 2. The lowest BCUT2D eigenvalue weighted by Crippen LogP contribution is -2.31. The topological polar surface area (TPSA) is 61.4 Å². The second kappa shape index (κ2) is 7.94. The van der Waals surface area contributed by atoms with Gasteiger partial charge in [-0.25, -0.2) is 0 Å². The zero-order valence-electron chi connectivity index (χ0n) is 14.4. The highest BCUT2D eigenvalue weighted by Crippen LogP contribution is 2.23. The van der Waals surface area contributed by atoms with E-state index in [-0.39, 0.29) is 11.8 Å². The van der Waals surface area contributed by atoms with Gasteiger partial charge < -0.3 is 15.5 Å². The molecule has 3 rings (SSSR count). The van der Waals surface area contributed by atoms with E-state index in [1.165, 1.54) is 0 Å². The van der Waals surface area contributed by atoms with Crippen molar-refractivity contribution in [2.75, 3.05) is 32.0 Å². The van der Waals surface area contributed by atoms with Gasteiger partial charge >= 0.3 is 0 Å². The molecule has 0 aromatic heterocycles. The maximum atomic E-state index is 12.9. The van der Waals surface area contributed by atoms with Crippen LogP contribution in [0.1, 0.15) is 27.1 Å². The zero-order valence-corrected chi connectivity index (χ0v) is 14.4. The van der Waals surface area contributed by atoms with Gasteiger partial charge in [0.15, 0.2) is 0 Å². The van der Waals surface area contributed by atoms with Crippen LogP contribution < -0.4 is 10.6 Å². The summed E-state index contributed by atoms with van der Waals surface area (Å²) in [4.78, 5) is 27.2. The van der Waals surface area contributed by atoms with E-state index in [2.05, 4.69) is 10.6 Å². The van der Waals surface area contributed by atoms with Crippen LogP contribution in [0.3, 0.4) is 0 Å². The predicted molar refractivity (Wildman–Crippen MR) is 98.8 cm³/mol. The van der Waals surface area contributed by atoms with Gasteiger partial charge in [-0.05, 0) is 50.2 Å². The van der Waals surface area contributed by atoms with Crippen molar-refractivity contribution in [2.24, 2.45) is 5.92 Å². The minimum atomic E-state index is -0.213. The molecule has 1 heterocycles. The number of nitrogens with zero attached hydrogens (tertiary/aromatic N) is 1. The molecule has 1 unspecified atom stereocenters. The Balaban J connectivity index is 1.75. The van der Waals surface area contributed by atoms with Crippen LogP contribution >= 0.6 is 0 Å². The maximum absolute atomic E-state index is 12.9. The Morgan fingerprint density at radius 2 is 1.80 bits per heavy atom. The van der Waals surface area contributed by atoms with E-state index in [9.17, 15) is 9.59 Å². The smallest absolute Gasteiger partial charge is 0.255 e. The summed E-state index contributed by atoms with van der Waals surface area (Å²) in [7, 11) is 1.93. The molecule has 1 atom stereocenters. The highest BCUT2D eigenvalue weighted by Gasteiger charge is 2.27. The van der Waals surface area contributed by atoms with Gasteiger partial charge in [-0.15, -0.1) is 0 Å². The lowest BCUT2D eigenvalue weighted by molar-refractivity contribution is 0.0788. The van der Waals surface area contributed by atoms with Crippen LogP contribution in [0, 0.1) is 5.92 Å². The van der Waals surface area contributed by atoms with E-state index in [1.807, 2.05) is 42.3 Å². The second-order valence-electron chi connectivity index (χ2n) is 6.33. The lowest BCUT2D eigenvalue weighted by Gasteiger charge is -2.19. The summed E-state index contributed by atoms with van der Waals surface area (Å²) in [5.41, 5.74) is 1.66. The molecule has 1 aliphatic heterocycles. The van der Waals surface area contributed by atoms with Crippen molar-refractivity contribution >= 4 is 17.5 Å². The first-order valence-electron chi connectivity index (χ1n) is 8.58. The van der Waals surface area contributed by atoms with Crippen LogP contribution in [-0.2, 0) is 0 Å². The van der Waals surface area contributed by atoms with Gasteiger partial charge in [0.2, 0.25) is 0 Å². The molecule has 0 radical (unpaired) electrons. The first-order valence-corrected chi connectivity index (χ1v) is 8.58. The highest BCUT2D eigenvalue weighted by molar-refractivity contribution is 6.09. The molecule has 2 aromatic rings. The van der Waals surface area contributed by atoms with Crippen LogP contribution in [0.2, 0.25) is 0 Å². The van der Waals surface area contributed by atoms with Crippen molar-refractivity contribution in [3.63, 3.8) is 0 Å². The summed E-state index contributed by atoms with van der Waals surface area (Å²) in [6.45, 7) is 2.42. The number of hydrogen-bond acceptors (Lipinski definition) is 3. The van der Waals surface area contributed by atoms with Crippen molar-refractivity contribution in [1.29, 1.82) is 0 Å². The zero-order chi connectivity index (χ0) is 17.6. The normalized spacial score (nSPS) is 16.7. The number of anilines is 1. The average Bonchev–Trinajstić information content (AvgIpc) is 3.11. The molecule has 2 aromatic carbocycles. The number of carbonyl (C=O) groups excluding carboxylic acids is 2. The van der Waals surface area contributed by atoms with Crippen LogP contribution in [-0.4, -0.2) is 43.4 Å². The highest BCUT2D eigenvalue weighted by atomic mass is 16.2. The Kier molecular flexibility index (Phi) is 5.46. The van der Waals surface area contributed by atoms with Gasteiger partial charge in [0.1, 0.15) is 0 Å². The number of carbonyl (C=O) groups is 2. The molecule has 0 spiro atoms. The summed E-state index contributed by atoms with van der Waals surface area (Å²) in [5, 5.41) is 6.04. The number of benzene rings is 2. The third-order valence-corrected chi connectivity index (χ3v) is 4.51. The molecular formula is C20H23N3O2. The third kappa shape index (κ3) is 4.06. The Morgan fingerprint density at radius 3 is 2.56 bits per heavy atom. The first kappa shape index (κ1) is 17.2. The Labute approximate surface area is 148 Å². The fraction of sp³-hybridized carbons (Fsp3) is 0.300. The Hall–Kier alpha value is -2.66. The first-order chi connectivity index (χ1) is 12.2. The largest absolute Gasteiger partial charge is 0.338 e. The molecule has 5 nitrogen and oxygen atoms in total. The monoisotopic (exact) mass is 337 g/mol. The van der Waals surface area contributed by atoms with Gasteiger partial charge in [0.05, 0.1) is 11.3 Å².